The Hall–Kier alpha value is -2.89. The Morgan fingerprint density at radius 1 is 1.11 bits per heavy atom. The van der Waals surface area contributed by atoms with Crippen molar-refractivity contribution in [3.05, 3.63) is 58.9 Å². The van der Waals surface area contributed by atoms with Crippen molar-refractivity contribution in [2.75, 3.05) is 31.1 Å². The predicted octanol–water partition coefficient (Wildman–Crippen LogP) is 3.57. The molecule has 0 spiro atoms. The van der Waals surface area contributed by atoms with Gasteiger partial charge in [-0.1, -0.05) is 12.1 Å². The maximum Gasteiger partial charge on any atom is 0.254 e. The predicted molar refractivity (Wildman–Crippen MR) is 105 cm³/mol. The number of benzene rings is 2. The lowest BCUT2D eigenvalue weighted by molar-refractivity contribution is 0.0790. The zero-order valence-electron chi connectivity index (χ0n) is 15.6. The standard InChI is InChI=1S/C22H23FN2O3/c23-20-12-17(11-18(14-26)21(20)27)22(28)25-10-7-16(13-25)15-3-5-19(6-4-15)24-8-1-2-9-24/h3-6,11-12,14,16,27H,1-2,7-10,13H2/t16-/m0/s1. The number of aromatic hydroxyl groups is 1. The third-order valence-electron chi connectivity index (χ3n) is 5.78. The van der Waals surface area contributed by atoms with Crippen LogP contribution in [0.1, 0.15) is 51.5 Å². The number of carbonyl (C=O) groups excluding carboxylic acids is 2. The van der Waals surface area contributed by atoms with E-state index in [1.165, 1.54) is 30.2 Å². The van der Waals surface area contributed by atoms with Crippen LogP contribution in [0.25, 0.3) is 0 Å². The van der Waals surface area contributed by atoms with Crippen LogP contribution in [0.15, 0.2) is 36.4 Å². The molecule has 146 valence electrons. The minimum atomic E-state index is -0.957. The van der Waals surface area contributed by atoms with Gasteiger partial charge in [0.2, 0.25) is 0 Å². The third-order valence-corrected chi connectivity index (χ3v) is 5.78. The summed E-state index contributed by atoms with van der Waals surface area (Å²) in [5.74, 6) is -1.76. The molecule has 1 amide bonds. The summed E-state index contributed by atoms with van der Waals surface area (Å²) in [6.07, 6.45) is 3.68. The highest BCUT2D eigenvalue weighted by Gasteiger charge is 2.29. The highest BCUT2D eigenvalue weighted by Crippen LogP contribution is 2.31. The van der Waals surface area contributed by atoms with Crippen molar-refractivity contribution in [3.8, 4) is 5.75 Å². The smallest absolute Gasteiger partial charge is 0.254 e. The molecule has 5 nitrogen and oxygen atoms in total. The molecule has 0 radical (unpaired) electrons. The fourth-order valence-corrected chi connectivity index (χ4v) is 4.17. The maximum atomic E-state index is 13.8. The van der Waals surface area contributed by atoms with Crippen molar-refractivity contribution in [3.63, 3.8) is 0 Å². The van der Waals surface area contributed by atoms with Gasteiger partial charge in [0.15, 0.2) is 17.9 Å². The fraction of sp³-hybridized carbons (Fsp3) is 0.364. The van der Waals surface area contributed by atoms with Crippen LogP contribution >= 0.6 is 0 Å². The van der Waals surface area contributed by atoms with E-state index >= 15 is 0 Å². The Balaban J connectivity index is 1.46. The highest BCUT2D eigenvalue weighted by molar-refractivity contribution is 5.96. The minimum Gasteiger partial charge on any atom is -0.504 e. The second kappa shape index (κ2) is 7.62. The number of amides is 1. The van der Waals surface area contributed by atoms with Crippen LogP contribution in [0.2, 0.25) is 0 Å². The van der Waals surface area contributed by atoms with E-state index in [9.17, 15) is 19.1 Å². The molecule has 0 aromatic heterocycles. The molecular formula is C22H23FN2O3. The zero-order chi connectivity index (χ0) is 19.7. The number of anilines is 1. The third kappa shape index (κ3) is 3.46. The Kier molecular flexibility index (Phi) is 5.03. The van der Waals surface area contributed by atoms with Crippen LogP contribution in [0.4, 0.5) is 10.1 Å². The van der Waals surface area contributed by atoms with Gasteiger partial charge in [0, 0.05) is 43.3 Å². The molecule has 28 heavy (non-hydrogen) atoms. The highest BCUT2D eigenvalue weighted by atomic mass is 19.1. The molecule has 1 N–H and O–H groups in total. The second-order valence-electron chi connectivity index (χ2n) is 7.54. The van der Waals surface area contributed by atoms with E-state index in [4.69, 9.17) is 0 Å². The average Bonchev–Trinajstić information content (AvgIpc) is 3.42. The van der Waals surface area contributed by atoms with E-state index in [1.807, 2.05) is 0 Å². The van der Waals surface area contributed by atoms with Gasteiger partial charge in [-0.25, -0.2) is 4.39 Å². The van der Waals surface area contributed by atoms with E-state index in [-0.39, 0.29) is 23.0 Å². The Morgan fingerprint density at radius 2 is 1.82 bits per heavy atom. The first kappa shape index (κ1) is 18.5. The lowest BCUT2D eigenvalue weighted by Gasteiger charge is -2.19. The molecule has 2 aliphatic heterocycles. The number of rotatable bonds is 4. The molecule has 2 saturated heterocycles. The summed E-state index contributed by atoms with van der Waals surface area (Å²) in [7, 11) is 0. The van der Waals surface area contributed by atoms with Crippen LogP contribution < -0.4 is 4.90 Å². The minimum absolute atomic E-state index is 0.0856. The normalized spacial score (nSPS) is 19.2. The molecule has 2 heterocycles. The van der Waals surface area contributed by atoms with Crippen molar-refractivity contribution in [1.82, 2.24) is 4.90 Å². The number of likely N-dealkylation sites (tertiary alicyclic amines) is 1. The van der Waals surface area contributed by atoms with Gasteiger partial charge in [-0.05, 0) is 49.1 Å². The summed E-state index contributed by atoms with van der Waals surface area (Å²) in [5, 5.41) is 9.53. The van der Waals surface area contributed by atoms with Gasteiger partial charge in [-0.15, -0.1) is 0 Å². The van der Waals surface area contributed by atoms with Gasteiger partial charge in [0.25, 0.3) is 5.91 Å². The van der Waals surface area contributed by atoms with Gasteiger partial charge < -0.3 is 14.9 Å². The monoisotopic (exact) mass is 382 g/mol. The molecule has 2 aliphatic rings. The lowest BCUT2D eigenvalue weighted by Crippen LogP contribution is -2.28. The molecule has 4 rings (SSSR count). The van der Waals surface area contributed by atoms with E-state index < -0.39 is 11.6 Å². The molecule has 2 aromatic carbocycles. The van der Waals surface area contributed by atoms with Crippen LogP contribution in [0.5, 0.6) is 5.75 Å². The Morgan fingerprint density at radius 3 is 2.50 bits per heavy atom. The summed E-state index contributed by atoms with van der Waals surface area (Å²) in [6.45, 7) is 3.35. The summed E-state index contributed by atoms with van der Waals surface area (Å²) in [6, 6.07) is 10.8. The zero-order valence-corrected chi connectivity index (χ0v) is 15.6. The van der Waals surface area contributed by atoms with Gasteiger partial charge >= 0.3 is 0 Å². The van der Waals surface area contributed by atoms with Gasteiger partial charge in [0.1, 0.15) is 0 Å². The number of nitrogens with zero attached hydrogens (tertiary/aromatic N) is 2. The van der Waals surface area contributed by atoms with Gasteiger partial charge in [-0.2, -0.15) is 0 Å². The van der Waals surface area contributed by atoms with Crippen molar-refractivity contribution < 1.29 is 19.1 Å². The first-order valence-corrected chi connectivity index (χ1v) is 9.68. The summed E-state index contributed by atoms with van der Waals surface area (Å²) in [4.78, 5) is 27.8. The topological polar surface area (TPSA) is 60.9 Å². The molecular weight excluding hydrogens is 359 g/mol. The first-order valence-electron chi connectivity index (χ1n) is 9.68. The fourth-order valence-electron chi connectivity index (χ4n) is 4.17. The molecule has 2 fully saturated rings. The van der Waals surface area contributed by atoms with E-state index in [2.05, 4.69) is 29.2 Å². The summed E-state index contributed by atoms with van der Waals surface area (Å²) < 4.78 is 13.8. The van der Waals surface area contributed by atoms with E-state index in [0.717, 1.165) is 25.6 Å². The Bertz CT molecular complexity index is 891. The molecule has 6 heteroatoms. The number of halogens is 1. The van der Waals surface area contributed by atoms with E-state index in [0.29, 0.717) is 19.4 Å². The van der Waals surface area contributed by atoms with Crippen LogP contribution in [0.3, 0.4) is 0 Å². The second-order valence-corrected chi connectivity index (χ2v) is 7.54. The molecule has 0 unspecified atom stereocenters. The Labute approximate surface area is 163 Å². The maximum absolute atomic E-state index is 13.8. The molecule has 0 bridgehead atoms. The number of phenolic OH excluding ortho intramolecular Hbond substituents is 1. The molecule has 0 aliphatic carbocycles. The number of hydrogen-bond donors (Lipinski definition) is 1. The van der Waals surface area contributed by atoms with E-state index in [1.54, 1.807) is 4.90 Å². The van der Waals surface area contributed by atoms with Crippen molar-refractivity contribution in [1.29, 1.82) is 0 Å². The quantitative estimate of drug-likeness (QED) is 0.822. The average molecular weight is 382 g/mol. The van der Waals surface area contributed by atoms with Crippen molar-refractivity contribution >= 4 is 17.9 Å². The van der Waals surface area contributed by atoms with Crippen molar-refractivity contribution in [2.24, 2.45) is 0 Å². The SMILES string of the molecule is O=Cc1cc(C(=O)N2CC[C@H](c3ccc(N4CCCC4)cc3)C2)cc(F)c1O. The molecule has 2 aromatic rings. The summed E-state index contributed by atoms with van der Waals surface area (Å²) >= 11 is 0. The molecule has 1 atom stereocenters. The first-order chi connectivity index (χ1) is 13.6. The van der Waals surface area contributed by atoms with Crippen LogP contribution in [0, 0.1) is 5.82 Å². The van der Waals surface area contributed by atoms with Crippen molar-refractivity contribution in [2.45, 2.75) is 25.2 Å². The lowest BCUT2D eigenvalue weighted by atomic mass is 9.98. The van der Waals surface area contributed by atoms with Gasteiger partial charge in [0.05, 0.1) is 5.56 Å². The van der Waals surface area contributed by atoms with Gasteiger partial charge in [-0.3, -0.25) is 9.59 Å². The number of phenols is 1. The number of hydrogen-bond acceptors (Lipinski definition) is 4. The van der Waals surface area contributed by atoms with Crippen LogP contribution in [-0.4, -0.2) is 48.4 Å². The van der Waals surface area contributed by atoms with Crippen LogP contribution in [-0.2, 0) is 0 Å². The summed E-state index contributed by atoms with van der Waals surface area (Å²) in [5.41, 5.74) is 2.32. The largest absolute Gasteiger partial charge is 0.504 e. The number of aldehydes is 1. The molecule has 0 saturated carbocycles. The number of carbonyl (C=O) groups is 2.